The molecule has 0 bridgehead atoms. The second-order valence-corrected chi connectivity index (χ2v) is 8.85. The van der Waals surface area contributed by atoms with E-state index in [1.807, 2.05) is 30.3 Å². The van der Waals surface area contributed by atoms with E-state index in [1.165, 1.54) is 41.3 Å². The lowest BCUT2D eigenvalue weighted by atomic mass is 10.2. The predicted octanol–water partition coefficient (Wildman–Crippen LogP) is 3.23. The lowest BCUT2D eigenvalue weighted by molar-refractivity contribution is -0.113. The van der Waals surface area contributed by atoms with E-state index in [2.05, 4.69) is 31.0 Å². The molecule has 4 aromatic rings. The smallest absolute Gasteiger partial charge is 0.251 e. The van der Waals surface area contributed by atoms with Gasteiger partial charge in [-0.3, -0.25) is 19.5 Å². The zero-order chi connectivity index (χ0) is 23.2. The van der Waals surface area contributed by atoms with Crippen LogP contribution in [0.3, 0.4) is 0 Å². The Morgan fingerprint density at radius 2 is 1.88 bits per heavy atom. The van der Waals surface area contributed by atoms with Crippen LogP contribution in [0.4, 0.5) is 9.52 Å². The molecule has 33 heavy (non-hydrogen) atoms. The van der Waals surface area contributed by atoms with Crippen molar-refractivity contribution in [2.45, 2.75) is 18.6 Å². The highest BCUT2D eigenvalue weighted by atomic mass is 32.2. The molecule has 2 aromatic carbocycles. The number of amides is 2. The van der Waals surface area contributed by atoms with Crippen LogP contribution in [-0.2, 0) is 11.3 Å². The molecule has 2 N–H and O–H groups in total. The Labute approximate surface area is 196 Å². The number of aryl methyl sites for hydroxylation is 1. The van der Waals surface area contributed by atoms with Gasteiger partial charge in [0.05, 0.1) is 12.3 Å². The van der Waals surface area contributed by atoms with Crippen molar-refractivity contribution in [3.63, 3.8) is 0 Å². The summed E-state index contributed by atoms with van der Waals surface area (Å²) in [6, 6.07) is 14.8. The molecular weight excluding hydrogens is 465 g/mol. The maximum absolute atomic E-state index is 13.4. The molecule has 0 saturated carbocycles. The molecule has 0 fully saturated rings. The number of benzene rings is 2. The normalized spacial score (nSPS) is 10.7. The SMILES string of the molecule is Cc1nnc(NC(=O)CSc2nnc(CNC(=O)c3cccc(F)c3)n2-c2ccccc2)s1. The van der Waals surface area contributed by atoms with Gasteiger partial charge in [0.1, 0.15) is 10.8 Å². The first-order valence-electron chi connectivity index (χ1n) is 9.76. The van der Waals surface area contributed by atoms with Crippen LogP contribution in [0.15, 0.2) is 59.8 Å². The van der Waals surface area contributed by atoms with Gasteiger partial charge in [0, 0.05) is 11.3 Å². The highest BCUT2D eigenvalue weighted by Crippen LogP contribution is 2.23. The van der Waals surface area contributed by atoms with Crippen molar-refractivity contribution in [2.75, 3.05) is 11.1 Å². The van der Waals surface area contributed by atoms with Gasteiger partial charge in [0.2, 0.25) is 11.0 Å². The number of nitrogens with one attached hydrogen (secondary N) is 2. The van der Waals surface area contributed by atoms with E-state index in [1.54, 1.807) is 11.5 Å². The quantitative estimate of drug-likeness (QED) is 0.370. The maximum Gasteiger partial charge on any atom is 0.251 e. The van der Waals surface area contributed by atoms with Crippen molar-refractivity contribution in [1.82, 2.24) is 30.3 Å². The van der Waals surface area contributed by atoms with Crippen molar-refractivity contribution >= 4 is 40.0 Å². The molecule has 0 unspecified atom stereocenters. The molecule has 0 aliphatic rings. The number of nitrogens with zero attached hydrogens (tertiary/aromatic N) is 5. The Morgan fingerprint density at radius 3 is 2.61 bits per heavy atom. The van der Waals surface area contributed by atoms with Crippen molar-refractivity contribution < 1.29 is 14.0 Å². The number of carbonyl (C=O) groups excluding carboxylic acids is 2. The number of anilines is 1. The Kier molecular flexibility index (Phi) is 7.05. The van der Waals surface area contributed by atoms with Crippen LogP contribution in [0, 0.1) is 12.7 Å². The summed E-state index contributed by atoms with van der Waals surface area (Å²) in [5.41, 5.74) is 0.985. The minimum Gasteiger partial charge on any atom is -0.345 e. The van der Waals surface area contributed by atoms with Gasteiger partial charge in [-0.2, -0.15) is 0 Å². The molecule has 12 heteroatoms. The summed E-state index contributed by atoms with van der Waals surface area (Å²) in [5.74, 6) is -0.624. The molecule has 2 heterocycles. The predicted molar refractivity (Wildman–Crippen MR) is 123 cm³/mol. The summed E-state index contributed by atoms with van der Waals surface area (Å²) in [6.07, 6.45) is 0. The molecule has 0 aliphatic heterocycles. The summed E-state index contributed by atoms with van der Waals surface area (Å²) in [5, 5.41) is 23.3. The van der Waals surface area contributed by atoms with Crippen LogP contribution in [0.1, 0.15) is 21.2 Å². The summed E-state index contributed by atoms with van der Waals surface area (Å²) in [7, 11) is 0. The zero-order valence-electron chi connectivity index (χ0n) is 17.4. The van der Waals surface area contributed by atoms with E-state index in [0.29, 0.717) is 16.1 Å². The summed E-state index contributed by atoms with van der Waals surface area (Å²) >= 11 is 2.49. The standard InChI is InChI=1S/C21H18FN7O2S2/c1-13-25-27-20(33-13)24-18(30)12-32-21-28-26-17(29(21)16-8-3-2-4-9-16)11-23-19(31)14-6-5-7-15(22)10-14/h2-10H,11-12H2,1H3,(H,23,31)(H,24,27,30). The number of aromatic nitrogens is 5. The number of halogens is 1. The average Bonchev–Trinajstić information content (AvgIpc) is 3.42. The zero-order valence-corrected chi connectivity index (χ0v) is 19.0. The van der Waals surface area contributed by atoms with Crippen molar-refractivity contribution in [1.29, 1.82) is 0 Å². The number of para-hydroxylation sites is 1. The second-order valence-electron chi connectivity index (χ2n) is 6.73. The summed E-state index contributed by atoms with van der Waals surface area (Å²) < 4.78 is 15.2. The van der Waals surface area contributed by atoms with Crippen LogP contribution >= 0.6 is 23.1 Å². The third-order valence-electron chi connectivity index (χ3n) is 4.31. The van der Waals surface area contributed by atoms with Gasteiger partial charge in [-0.15, -0.1) is 20.4 Å². The third kappa shape index (κ3) is 5.79. The van der Waals surface area contributed by atoms with Crippen LogP contribution in [-0.4, -0.2) is 42.5 Å². The Bertz CT molecular complexity index is 1280. The van der Waals surface area contributed by atoms with Crippen molar-refractivity contribution in [3.05, 3.63) is 76.8 Å². The van der Waals surface area contributed by atoms with E-state index in [0.717, 1.165) is 16.8 Å². The number of hydrogen-bond donors (Lipinski definition) is 2. The fraction of sp³-hybridized carbons (Fsp3) is 0.143. The second kappa shape index (κ2) is 10.3. The molecule has 9 nitrogen and oxygen atoms in total. The number of carbonyl (C=O) groups is 2. The Morgan fingerprint density at radius 1 is 1.06 bits per heavy atom. The van der Waals surface area contributed by atoms with Gasteiger partial charge in [0.25, 0.3) is 5.91 Å². The fourth-order valence-electron chi connectivity index (χ4n) is 2.87. The van der Waals surface area contributed by atoms with Crippen molar-refractivity contribution in [2.24, 2.45) is 0 Å². The largest absolute Gasteiger partial charge is 0.345 e. The molecule has 0 spiro atoms. The minimum atomic E-state index is -0.490. The monoisotopic (exact) mass is 483 g/mol. The molecule has 0 atom stereocenters. The van der Waals surface area contributed by atoms with Crippen LogP contribution in [0.25, 0.3) is 5.69 Å². The minimum absolute atomic E-state index is 0.0636. The fourth-order valence-corrected chi connectivity index (χ4v) is 4.25. The number of thioether (sulfide) groups is 1. The van der Waals surface area contributed by atoms with Crippen LogP contribution in [0.5, 0.6) is 0 Å². The van der Waals surface area contributed by atoms with Crippen molar-refractivity contribution in [3.8, 4) is 5.69 Å². The Balaban J connectivity index is 1.48. The maximum atomic E-state index is 13.4. The summed E-state index contributed by atoms with van der Waals surface area (Å²) in [4.78, 5) is 24.7. The molecule has 0 saturated heterocycles. The first-order valence-corrected chi connectivity index (χ1v) is 11.6. The molecule has 0 radical (unpaired) electrons. The Hall–Kier alpha value is -3.64. The van der Waals surface area contributed by atoms with E-state index in [4.69, 9.17) is 0 Å². The van der Waals surface area contributed by atoms with E-state index < -0.39 is 11.7 Å². The topological polar surface area (TPSA) is 115 Å². The third-order valence-corrected chi connectivity index (χ3v) is 6.00. The highest BCUT2D eigenvalue weighted by Gasteiger charge is 2.17. The molecule has 4 rings (SSSR count). The van der Waals surface area contributed by atoms with Gasteiger partial charge in [0.15, 0.2) is 11.0 Å². The van der Waals surface area contributed by atoms with E-state index in [-0.39, 0.29) is 23.8 Å². The average molecular weight is 484 g/mol. The number of hydrogen-bond acceptors (Lipinski definition) is 8. The highest BCUT2D eigenvalue weighted by molar-refractivity contribution is 7.99. The van der Waals surface area contributed by atoms with Gasteiger partial charge in [-0.1, -0.05) is 47.4 Å². The first kappa shape index (κ1) is 22.6. The molecule has 0 aliphatic carbocycles. The van der Waals surface area contributed by atoms with Gasteiger partial charge in [-0.05, 0) is 37.3 Å². The molecule has 2 amide bonds. The number of rotatable bonds is 8. The van der Waals surface area contributed by atoms with Gasteiger partial charge in [-0.25, -0.2) is 4.39 Å². The van der Waals surface area contributed by atoms with E-state index in [9.17, 15) is 14.0 Å². The van der Waals surface area contributed by atoms with Gasteiger partial charge >= 0.3 is 0 Å². The lowest BCUT2D eigenvalue weighted by Crippen LogP contribution is -2.24. The molecule has 2 aromatic heterocycles. The first-order chi connectivity index (χ1) is 16.0. The molecule has 168 valence electrons. The van der Waals surface area contributed by atoms with Crippen LogP contribution < -0.4 is 10.6 Å². The van der Waals surface area contributed by atoms with E-state index >= 15 is 0 Å². The lowest BCUT2D eigenvalue weighted by Gasteiger charge is -2.11. The summed E-state index contributed by atoms with van der Waals surface area (Å²) in [6.45, 7) is 1.87. The van der Waals surface area contributed by atoms with Crippen LogP contribution in [0.2, 0.25) is 0 Å². The van der Waals surface area contributed by atoms with Gasteiger partial charge < -0.3 is 5.32 Å². The molecular formula is C21H18FN7O2S2.